The molecule has 1 aliphatic rings. The number of aliphatic carboxylic acids is 1. The number of carbonyl (C=O) groups excluding carboxylic acids is 2. The van der Waals surface area contributed by atoms with Crippen molar-refractivity contribution >= 4 is 23.6 Å². The summed E-state index contributed by atoms with van der Waals surface area (Å²) in [4.78, 5) is 39.5. The third kappa shape index (κ3) is 5.63. The fourth-order valence-corrected chi connectivity index (χ4v) is 3.51. The third-order valence-corrected chi connectivity index (χ3v) is 5.31. The van der Waals surface area contributed by atoms with Crippen LogP contribution in [0.5, 0.6) is 5.75 Å². The summed E-state index contributed by atoms with van der Waals surface area (Å²) >= 11 is 0. The minimum Gasteiger partial charge on any atom is -0.494 e. The predicted molar refractivity (Wildman–Crippen MR) is 118 cm³/mol. The van der Waals surface area contributed by atoms with Crippen molar-refractivity contribution in [3.63, 3.8) is 0 Å². The lowest BCUT2D eigenvalue weighted by Crippen LogP contribution is -2.55. The summed E-state index contributed by atoms with van der Waals surface area (Å²) in [6.07, 6.45) is 0.537. The van der Waals surface area contributed by atoms with Crippen LogP contribution in [0.2, 0.25) is 0 Å². The quantitative estimate of drug-likeness (QED) is 0.221. The average Bonchev–Trinajstić information content (AvgIpc) is 2.79. The molecule has 0 saturated carbocycles. The van der Waals surface area contributed by atoms with E-state index in [4.69, 9.17) is 15.9 Å². The maximum atomic E-state index is 12.5. The Morgan fingerprint density at radius 1 is 1.03 bits per heavy atom. The van der Waals surface area contributed by atoms with E-state index in [1.807, 2.05) is 0 Å². The largest absolute Gasteiger partial charge is 0.494 e. The Bertz CT molecular complexity index is 978. The summed E-state index contributed by atoms with van der Waals surface area (Å²) in [5, 5.41) is 17.0. The molecular formula is C23H26N4O5. The SMILES string of the molecule is N=C(N)c1ccc(OCCCN2CCN(CC(C(=O)O)c3ccccc3)C(=O)C2=O)cc1. The predicted octanol–water partition coefficient (Wildman–Crippen LogP) is 1.28. The molecule has 0 bridgehead atoms. The number of amides is 2. The Labute approximate surface area is 185 Å². The molecule has 9 nitrogen and oxygen atoms in total. The molecule has 0 aliphatic carbocycles. The fraction of sp³-hybridized carbons (Fsp3) is 0.304. The van der Waals surface area contributed by atoms with Gasteiger partial charge in [0.25, 0.3) is 0 Å². The summed E-state index contributed by atoms with van der Waals surface area (Å²) in [6, 6.07) is 15.5. The summed E-state index contributed by atoms with van der Waals surface area (Å²) in [5.74, 6) is -2.62. The van der Waals surface area contributed by atoms with Crippen molar-refractivity contribution in [2.24, 2.45) is 5.73 Å². The number of ether oxygens (including phenoxy) is 1. The van der Waals surface area contributed by atoms with Gasteiger partial charge in [0.2, 0.25) is 0 Å². The zero-order chi connectivity index (χ0) is 23.1. The Morgan fingerprint density at radius 3 is 2.28 bits per heavy atom. The van der Waals surface area contributed by atoms with E-state index in [1.165, 1.54) is 9.80 Å². The van der Waals surface area contributed by atoms with Gasteiger partial charge in [-0.25, -0.2) is 0 Å². The minimum absolute atomic E-state index is 0.0164. The van der Waals surface area contributed by atoms with E-state index in [1.54, 1.807) is 54.6 Å². The number of hydrogen-bond donors (Lipinski definition) is 3. The van der Waals surface area contributed by atoms with Crippen LogP contribution in [0, 0.1) is 5.41 Å². The van der Waals surface area contributed by atoms with Crippen LogP contribution in [0.3, 0.4) is 0 Å². The van der Waals surface area contributed by atoms with E-state index in [0.717, 1.165) is 0 Å². The van der Waals surface area contributed by atoms with E-state index >= 15 is 0 Å². The number of carboxylic acid groups (broad SMARTS) is 1. The number of carbonyl (C=O) groups is 3. The van der Waals surface area contributed by atoms with Gasteiger partial charge in [0.15, 0.2) is 0 Å². The van der Waals surface area contributed by atoms with Crippen LogP contribution in [0.15, 0.2) is 54.6 Å². The molecule has 1 saturated heterocycles. The lowest BCUT2D eigenvalue weighted by Gasteiger charge is -2.35. The number of piperazine rings is 1. The van der Waals surface area contributed by atoms with Crippen molar-refractivity contribution in [2.75, 3.05) is 32.8 Å². The highest BCUT2D eigenvalue weighted by Gasteiger charge is 2.35. The first-order chi connectivity index (χ1) is 15.4. The molecule has 1 aliphatic heterocycles. The molecule has 2 aromatic rings. The Balaban J connectivity index is 1.48. The second-order valence-electron chi connectivity index (χ2n) is 7.48. The molecule has 2 aromatic carbocycles. The normalized spacial score (nSPS) is 14.9. The van der Waals surface area contributed by atoms with Gasteiger partial charge in [0.05, 0.1) is 12.5 Å². The van der Waals surface area contributed by atoms with Crippen LogP contribution in [-0.4, -0.2) is 71.3 Å². The van der Waals surface area contributed by atoms with E-state index in [2.05, 4.69) is 0 Å². The van der Waals surface area contributed by atoms with Crippen LogP contribution in [-0.2, 0) is 14.4 Å². The molecule has 168 valence electrons. The van der Waals surface area contributed by atoms with Crippen molar-refractivity contribution in [2.45, 2.75) is 12.3 Å². The van der Waals surface area contributed by atoms with Crippen LogP contribution >= 0.6 is 0 Å². The third-order valence-electron chi connectivity index (χ3n) is 5.31. The molecule has 1 fully saturated rings. The molecule has 1 atom stereocenters. The zero-order valence-electron chi connectivity index (χ0n) is 17.6. The molecule has 0 aromatic heterocycles. The zero-order valence-corrected chi connectivity index (χ0v) is 17.6. The molecule has 32 heavy (non-hydrogen) atoms. The van der Waals surface area contributed by atoms with Crippen molar-refractivity contribution in [3.05, 3.63) is 65.7 Å². The Morgan fingerprint density at radius 2 is 1.66 bits per heavy atom. The molecule has 1 unspecified atom stereocenters. The van der Waals surface area contributed by atoms with Gasteiger partial charge in [-0.3, -0.25) is 19.8 Å². The maximum Gasteiger partial charge on any atom is 0.312 e. The lowest BCUT2D eigenvalue weighted by atomic mass is 9.98. The first-order valence-electron chi connectivity index (χ1n) is 10.3. The molecule has 4 N–H and O–H groups in total. The van der Waals surface area contributed by atoms with Crippen LogP contribution < -0.4 is 10.5 Å². The first-order valence-corrected chi connectivity index (χ1v) is 10.3. The van der Waals surface area contributed by atoms with E-state index < -0.39 is 23.7 Å². The second kappa shape index (κ2) is 10.4. The first kappa shape index (κ1) is 22.8. The smallest absolute Gasteiger partial charge is 0.312 e. The molecule has 0 radical (unpaired) electrons. The maximum absolute atomic E-state index is 12.5. The van der Waals surface area contributed by atoms with E-state index in [-0.39, 0.29) is 18.9 Å². The standard InChI is InChI=1S/C23H26N4O5/c24-20(25)17-7-9-18(10-8-17)32-14-4-11-26-12-13-27(22(29)21(26)28)15-19(23(30)31)16-5-2-1-3-6-16/h1-3,5-10,19H,4,11-15H2,(H3,24,25)(H,30,31). The number of hydrogen-bond acceptors (Lipinski definition) is 5. The van der Waals surface area contributed by atoms with Gasteiger partial charge in [-0.15, -0.1) is 0 Å². The van der Waals surface area contributed by atoms with Crippen LogP contribution in [0.4, 0.5) is 0 Å². The number of carboxylic acids is 1. The minimum atomic E-state index is -1.03. The summed E-state index contributed by atoms with van der Waals surface area (Å²) < 4.78 is 5.63. The Kier molecular flexibility index (Phi) is 7.43. The fourth-order valence-electron chi connectivity index (χ4n) is 3.51. The van der Waals surface area contributed by atoms with Crippen molar-refractivity contribution in [1.29, 1.82) is 5.41 Å². The summed E-state index contributed by atoms with van der Waals surface area (Å²) in [5.41, 5.74) is 6.62. The molecular weight excluding hydrogens is 412 g/mol. The van der Waals surface area contributed by atoms with Crippen LogP contribution in [0.25, 0.3) is 0 Å². The number of nitrogens with zero attached hydrogens (tertiary/aromatic N) is 2. The number of nitrogens with two attached hydrogens (primary N) is 1. The molecule has 2 amide bonds. The number of amidine groups is 1. The number of rotatable bonds is 10. The average molecular weight is 438 g/mol. The van der Waals surface area contributed by atoms with Gasteiger partial charge in [-0.1, -0.05) is 30.3 Å². The molecule has 3 rings (SSSR count). The molecule has 9 heteroatoms. The van der Waals surface area contributed by atoms with Gasteiger partial charge < -0.3 is 25.4 Å². The van der Waals surface area contributed by atoms with Gasteiger partial charge in [-0.05, 0) is 36.2 Å². The number of nitrogens with one attached hydrogen (secondary N) is 1. The van der Waals surface area contributed by atoms with Gasteiger partial charge in [-0.2, -0.15) is 0 Å². The lowest BCUT2D eigenvalue weighted by molar-refractivity contribution is -0.157. The molecule has 0 spiro atoms. The second-order valence-corrected chi connectivity index (χ2v) is 7.48. The summed E-state index contributed by atoms with van der Waals surface area (Å²) in [7, 11) is 0. The number of benzene rings is 2. The number of nitrogen functional groups attached to an aromatic ring is 1. The van der Waals surface area contributed by atoms with Crippen LogP contribution in [0.1, 0.15) is 23.5 Å². The van der Waals surface area contributed by atoms with E-state index in [9.17, 15) is 19.5 Å². The molecule has 1 heterocycles. The van der Waals surface area contributed by atoms with E-state index in [0.29, 0.717) is 43.0 Å². The highest BCUT2D eigenvalue weighted by Crippen LogP contribution is 2.19. The van der Waals surface area contributed by atoms with Gasteiger partial charge >= 0.3 is 17.8 Å². The van der Waals surface area contributed by atoms with Gasteiger partial charge in [0.1, 0.15) is 11.6 Å². The van der Waals surface area contributed by atoms with Crippen molar-refractivity contribution in [1.82, 2.24) is 9.80 Å². The van der Waals surface area contributed by atoms with Crippen molar-refractivity contribution < 1.29 is 24.2 Å². The topological polar surface area (TPSA) is 137 Å². The van der Waals surface area contributed by atoms with Gasteiger partial charge in [0, 0.05) is 31.7 Å². The monoisotopic (exact) mass is 438 g/mol. The Hall–Kier alpha value is -3.88. The summed E-state index contributed by atoms with van der Waals surface area (Å²) in [6.45, 7) is 1.31. The highest BCUT2D eigenvalue weighted by atomic mass is 16.5. The van der Waals surface area contributed by atoms with Crippen molar-refractivity contribution in [3.8, 4) is 5.75 Å². The highest BCUT2D eigenvalue weighted by molar-refractivity contribution is 6.35.